The van der Waals surface area contributed by atoms with Crippen molar-refractivity contribution in [2.24, 2.45) is 0 Å². The van der Waals surface area contributed by atoms with E-state index in [2.05, 4.69) is 113 Å². The number of hydrogen-bond donors (Lipinski definition) is 0. The molecule has 2 heteroatoms. The van der Waals surface area contributed by atoms with E-state index < -0.39 is 0 Å². The largest absolute Gasteiger partial charge is 0.310 e. The van der Waals surface area contributed by atoms with E-state index in [4.69, 9.17) is 0 Å². The number of aromatic nitrogens is 1. The number of fused-ring (bicyclic) bond motifs is 3. The topological polar surface area (TPSA) is 16.1 Å². The molecule has 1 aliphatic carbocycles. The SMILES string of the molecule is c1ccc(N(c2ccncc2)c2cccc(-c3ccc4c(c3)-c3cccc5cccc-4c35)c2)cc1. The Hall–Kier alpha value is -4.69. The van der Waals surface area contributed by atoms with Gasteiger partial charge in [0.05, 0.1) is 0 Å². The van der Waals surface area contributed by atoms with Crippen LogP contribution in [0.15, 0.2) is 134 Å². The summed E-state index contributed by atoms with van der Waals surface area (Å²) in [6.45, 7) is 0. The van der Waals surface area contributed by atoms with Gasteiger partial charge in [0, 0.05) is 29.5 Å². The number of para-hydroxylation sites is 1. The average Bonchev–Trinajstić information content (AvgIpc) is 3.25. The van der Waals surface area contributed by atoms with Gasteiger partial charge in [-0.05, 0) is 86.6 Å². The lowest BCUT2D eigenvalue weighted by Gasteiger charge is -2.25. The standard InChI is InChI=1S/C33H22N2/c1-2-10-26(11-3-1)35(27-17-19-34-20-18-27)28-12-4-9-24(21-28)25-15-16-29-30-13-5-7-23-8-6-14-31(33(23)30)32(29)22-25/h1-22H. The molecule has 1 aliphatic rings. The second kappa shape index (κ2) is 7.96. The van der Waals surface area contributed by atoms with E-state index in [0.29, 0.717) is 0 Å². The van der Waals surface area contributed by atoms with Crippen molar-refractivity contribution in [3.8, 4) is 33.4 Å². The zero-order chi connectivity index (χ0) is 23.2. The van der Waals surface area contributed by atoms with Crippen molar-refractivity contribution in [1.82, 2.24) is 4.98 Å². The monoisotopic (exact) mass is 446 g/mol. The van der Waals surface area contributed by atoms with Gasteiger partial charge in [-0.25, -0.2) is 0 Å². The zero-order valence-corrected chi connectivity index (χ0v) is 19.1. The molecule has 0 saturated heterocycles. The minimum Gasteiger partial charge on any atom is -0.310 e. The molecule has 0 unspecified atom stereocenters. The van der Waals surface area contributed by atoms with Gasteiger partial charge in [0.2, 0.25) is 0 Å². The second-order valence-corrected chi connectivity index (χ2v) is 8.90. The fourth-order valence-corrected chi connectivity index (χ4v) is 5.31. The maximum absolute atomic E-state index is 4.22. The van der Waals surface area contributed by atoms with Gasteiger partial charge in [-0.2, -0.15) is 0 Å². The molecule has 164 valence electrons. The van der Waals surface area contributed by atoms with Crippen LogP contribution in [0, 0.1) is 0 Å². The summed E-state index contributed by atoms with van der Waals surface area (Å²) in [6, 6.07) is 43.5. The molecule has 0 amide bonds. The fourth-order valence-electron chi connectivity index (χ4n) is 5.31. The molecular formula is C33H22N2. The quantitative estimate of drug-likeness (QED) is 0.268. The molecule has 0 fully saturated rings. The molecule has 6 aromatic rings. The van der Waals surface area contributed by atoms with Crippen molar-refractivity contribution >= 4 is 27.8 Å². The predicted octanol–water partition coefficient (Wildman–Crippen LogP) is 9.02. The third-order valence-electron chi connectivity index (χ3n) is 6.88. The summed E-state index contributed by atoms with van der Waals surface area (Å²) < 4.78 is 0. The van der Waals surface area contributed by atoms with Crippen molar-refractivity contribution in [3.63, 3.8) is 0 Å². The molecule has 5 aromatic carbocycles. The molecule has 2 nitrogen and oxygen atoms in total. The minimum atomic E-state index is 1.08. The number of pyridine rings is 1. The lowest BCUT2D eigenvalue weighted by atomic mass is 9.97. The van der Waals surface area contributed by atoms with Crippen LogP contribution in [0.25, 0.3) is 44.2 Å². The Kier molecular flexibility index (Phi) is 4.49. The summed E-state index contributed by atoms with van der Waals surface area (Å²) in [5, 5.41) is 2.67. The number of anilines is 3. The zero-order valence-electron chi connectivity index (χ0n) is 19.1. The predicted molar refractivity (Wildman–Crippen MR) is 146 cm³/mol. The van der Waals surface area contributed by atoms with Crippen LogP contribution >= 0.6 is 0 Å². The summed E-state index contributed by atoms with van der Waals surface area (Å²) in [7, 11) is 0. The van der Waals surface area contributed by atoms with E-state index in [1.165, 1.54) is 44.2 Å². The van der Waals surface area contributed by atoms with Crippen LogP contribution in [0.2, 0.25) is 0 Å². The first-order valence-corrected chi connectivity index (χ1v) is 11.9. The Balaban J connectivity index is 1.36. The highest BCUT2D eigenvalue weighted by atomic mass is 15.1. The third-order valence-corrected chi connectivity index (χ3v) is 6.88. The summed E-state index contributed by atoms with van der Waals surface area (Å²) in [4.78, 5) is 6.49. The molecule has 0 bridgehead atoms. The molecule has 1 heterocycles. The highest BCUT2D eigenvalue weighted by Gasteiger charge is 2.21. The normalized spacial score (nSPS) is 11.4. The fraction of sp³-hybridized carbons (Fsp3) is 0. The Labute approximate surface area is 204 Å². The van der Waals surface area contributed by atoms with E-state index in [1.807, 2.05) is 30.6 Å². The van der Waals surface area contributed by atoms with E-state index >= 15 is 0 Å². The number of hydrogen-bond acceptors (Lipinski definition) is 2. The molecule has 35 heavy (non-hydrogen) atoms. The van der Waals surface area contributed by atoms with Crippen LogP contribution in [0.3, 0.4) is 0 Å². The first-order chi connectivity index (χ1) is 17.4. The maximum atomic E-state index is 4.22. The molecule has 7 rings (SSSR count). The third kappa shape index (κ3) is 3.23. The van der Waals surface area contributed by atoms with Crippen molar-refractivity contribution in [2.75, 3.05) is 4.90 Å². The van der Waals surface area contributed by atoms with Crippen LogP contribution in [0.4, 0.5) is 17.1 Å². The Morgan fingerprint density at radius 2 is 1.09 bits per heavy atom. The highest BCUT2D eigenvalue weighted by molar-refractivity contribution is 6.15. The number of benzene rings is 5. The highest BCUT2D eigenvalue weighted by Crippen LogP contribution is 2.48. The smallest absolute Gasteiger partial charge is 0.0492 e. The van der Waals surface area contributed by atoms with Crippen LogP contribution in [0.1, 0.15) is 0 Å². The van der Waals surface area contributed by atoms with Gasteiger partial charge in [-0.15, -0.1) is 0 Å². The van der Waals surface area contributed by atoms with Gasteiger partial charge in [0.1, 0.15) is 0 Å². The first-order valence-electron chi connectivity index (χ1n) is 11.9. The van der Waals surface area contributed by atoms with Gasteiger partial charge in [0.25, 0.3) is 0 Å². The van der Waals surface area contributed by atoms with Gasteiger partial charge < -0.3 is 4.90 Å². The summed E-state index contributed by atoms with van der Waals surface area (Å²) >= 11 is 0. The first kappa shape index (κ1) is 19.7. The molecule has 1 aromatic heterocycles. The van der Waals surface area contributed by atoms with Gasteiger partial charge >= 0.3 is 0 Å². The van der Waals surface area contributed by atoms with Gasteiger partial charge in [0.15, 0.2) is 0 Å². The van der Waals surface area contributed by atoms with E-state index in [-0.39, 0.29) is 0 Å². The number of nitrogens with zero attached hydrogens (tertiary/aromatic N) is 2. The Morgan fingerprint density at radius 1 is 0.429 bits per heavy atom. The van der Waals surface area contributed by atoms with Crippen molar-refractivity contribution in [3.05, 3.63) is 134 Å². The van der Waals surface area contributed by atoms with Crippen molar-refractivity contribution in [2.45, 2.75) is 0 Å². The van der Waals surface area contributed by atoms with Crippen LogP contribution in [0.5, 0.6) is 0 Å². The molecular weight excluding hydrogens is 424 g/mol. The molecule has 0 N–H and O–H groups in total. The number of rotatable bonds is 4. The van der Waals surface area contributed by atoms with E-state index in [0.717, 1.165) is 17.1 Å². The van der Waals surface area contributed by atoms with Crippen LogP contribution in [-0.2, 0) is 0 Å². The lowest BCUT2D eigenvalue weighted by Crippen LogP contribution is -2.09. The van der Waals surface area contributed by atoms with Crippen molar-refractivity contribution < 1.29 is 0 Å². The maximum Gasteiger partial charge on any atom is 0.0492 e. The van der Waals surface area contributed by atoms with Crippen LogP contribution in [-0.4, -0.2) is 4.98 Å². The molecule has 0 saturated carbocycles. The summed E-state index contributed by atoms with van der Waals surface area (Å²) in [5.74, 6) is 0. The Morgan fingerprint density at radius 3 is 1.89 bits per heavy atom. The molecule has 0 spiro atoms. The van der Waals surface area contributed by atoms with E-state index in [9.17, 15) is 0 Å². The van der Waals surface area contributed by atoms with Gasteiger partial charge in [-0.1, -0.05) is 78.9 Å². The van der Waals surface area contributed by atoms with Gasteiger partial charge in [-0.3, -0.25) is 4.98 Å². The van der Waals surface area contributed by atoms with Crippen LogP contribution < -0.4 is 4.90 Å². The molecule has 0 radical (unpaired) electrons. The summed E-state index contributed by atoms with van der Waals surface area (Å²) in [5.41, 5.74) is 11.0. The van der Waals surface area contributed by atoms with E-state index in [1.54, 1.807) is 0 Å². The average molecular weight is 447 g/mol. The van der Waals surface area contributed by atoms with Crippen molar-refractivity contribution in [1.29, 1.82) is 0 Å². The lowest BCUT2D eigenvalue weighted by molar-refractivity contribution is 1.24. The molecule has 0 aliphatic heterocycles. The minimum absolute atomic E-state index is 1.08. The second-order valence-electron chi connectivity index (χ2n) is 8.90. The Bertz CT molecular complexity index is 1640. The summed E-state index contributed by atoms with van der Waals surface area (Å²) in [6.07, 6.45) is 3.68. The molecule has 0 atom stereocenters.